The molecule has 0 bridgehead atoms. The summed E-state index contributed by atoms with van der Waals surface area (Å²) in [7, 11) is 0. The van der Waals surface area contributed by atoms with Crippen LogP contribution in [0.5, 0.6) is 5.75 Å². The molecule has 112 valence electrons. The molecular weight excluding hydrogens is 248 g/mol. The van der Waals surface area contributed by atoms with Crippen LogP contribution in [0.3, 0.4) is 0 Å². The number of nitrogens with one attached hydrogen (secondary N) is 1. The Kier molecular flexibility index (Phi) is 6.34. The molecule has 0 fully saturated rings. The van der Waals surface area contributed by atoms with Crippen molar-refractivity contribution in [3.63, 3.8) is 0 Å². The third-order valence-corrected chi connectivity index (χ3v) is 4.10. The highest BCUT2D eigenvalue weighted by Crippen LogP contribution is 2.20. The second kappa shape index (κ2) is 8.28. The number of nitrogens with zero attached hydrogens (tertiary/aromatic N) is 1. The van der Waals surface area contributed by atoms with Gasteiger partial charge in [0.05, 0.1) is 6.61 Å². The van der Waals surface area contributed by atoms with Gasteiger partial charge >= 0.3 is 0 Å². The van der Waals surface area contributed by atoms with E-state index >= 15 is 0 Å². The van der Waals surface area contributed by atoms with Crippen LogP contribution in [0, 0.1) is 0 Å². The van der Waals surface area contributed by atoms with Crippen molar-refractivity contribution in [1.29, 1.82) is 0 Å². The molecule has 1 aliphatic heterocycles. The second-order valence-electron chi connectivity index (χ2n) is 5.41. The van der Waals surface area contributed by atoms with Crippen molar-refractivity contribution in [2.45, 2.75) is 33.1 Å². The summed E-state index contributed by atoms with van der Waals surface area (Å²) in [4.78, 5) is 2.44. The highest BCUT2D eigenvalue weighted by Gasteiger charge is 2.08. The van der Waals surface area contributed by atoms with Gasteiger partial charge in [-0.25, -0.2) is 0 Å². The quantitative estimate of drug-likeness (QED) is 0.774. The summed E-state index contributed by atoms with van der Waals surface area (Å²) in [6.07, 6.45) is 3.35. The van der Waals surface area contributed by atoms with E-state index in [9.17, 15) is 0 Å². The summed E-state index contributed by atoms with van der Waals surface area (Å²) in [6, 6.07) is 6.60. The fourth-order valence-electron chi connectivity index (χ4n) is 2.76. The first-order chi connectivity index (χ1) is 9.83. The number of hydrogen-bond donors (Lipinski definition) is 1. The summed E-state index contributed by atoms with van der Waals surface area (Å²) >= 11 is 0. The predicted molar refractivity (Wildman–Crippen MR) is 84.6 cm³/mol. The van der Waals surface area contributed by atoms with Crippen molar-refractivity contribution in [3.05, 3.63) is 29.3 Å². The monoisotopic (exact) mass is 276 g/mol. The van der Waals surface area contributed by atoms with Crippen molar-refractivity contribution in [3.8, 4) is 5.75 Å². The third kappa shape index (κ3) is 4.50. The minimum Gasteiger partial charge on any atom is -0.494 e. The van der Waals surface area contributed by atoms with Crippen LogP contribution in [0.1, 0.15) is 31.4 Å². The normalized spacial score (nSPS) is 14.9. The summed E-state index contributed by atoms with van der Waals surface area (Å²) in [5.41, 5.74) is 2.93. The smallest absolute Gasteiger partial charge is 0.119 e. The Labute approximate surface area is 123 Å². The average Bonchev–Trinajstić information content (AvgIpc) is 2.72. The lowest BCUT2D eigenvalue weighted by Crippen LogP contribution is -2.25. The SMILES string of the molecule is CCN(CC)CCCOc1ccc2c(c1)CCNCC2. The van der Waals surface area contributed by atoms with Gasteiger partial charge in [-0.05, 0) is 68.7 Å². The van der Waals surface area contributed by atoms with Gasteiger partial charge in [0, 0.05) is 6.54 Å². The molecule has 2 rings (SSSR count). The first-order valence-electron chi connectivity index (χ1n) is 8.01. The molecule has 1 aromatic rings. The molecule has 0 spiro atoms. The van der Waals surface area contributed by atoms with Crippen LogP contribution < -0.4 is 10.1 Å². The van der Waals surface area contributed by atoms with Crippen LogP contribution in [0.25, 0.3) is 0 Å². The number of fused-ring (bicyclic) bond motifs is 1. The molecule has 1 heterocycles. The van der Waals surface area contributed by atoms with E-state index in [0.717, 1.165) is 64.3 Å². The topological polar surface area (TPSA) is 24.5 Å². The van der Waals surface area contributed by atoms with Crippen molar-refractivity contribution in [2.24, 2.45) is 0 Å². The zero-order valence-corrected chi connectivity index (χ0v) is 13.0. The van der Waals surface area contributed by atoms with Crippen molar-refractivity contribution >= 4 is 0 Å². The zero-order valence-electron chi connectivity index (χ0n) is 13.0. The molecule has 0 aromatic heterocycles. The fourth-order valence-corrected chi connectivity index (χ4v) is 2.76. The van der Waals surface area contributed by atoms with Gasteiger partial charge in [0.1, 0.15) is 5.75 Å². The summed E-state index contributed by atoms with van der Waals surface area (Å²) in [5.74, 6) is 1.03. The van der Waals surface area contributed by atoms with E-state index in [1.165, 1.54) is 11.1 Å². The van der Waals surface area contributed by atoms with E-state index in [-0.39, 0.29) is 0 Å². The Morgan fingerprint density at radius 3 is 2.60 bits per heavy atom. The van der Waals surface area contributed by atoms with E-state index in [2.05, 4.69) is 42.3 Å². The number of benzene rings is 1. The van der Waals surface area contributed by atoms with E-state index in [1.807, 2.05) is 0 Å². The van der Waals surface area contributed by atoms with E-state index in [4.69, 9.17) is 4.74 Å². The molecule has 0 amide bonds. The maximum absolute atomic E-state index is 5.91. The average molecular weight is 276 g/mol. The van der Waals surface area contributed by atoms with Crippen LogP contribution in [0.15, 0.2) is 18.2 Å². The standard InChI is InChI=1S/C17H28N2O/c1-3-19(4-2)12-5-13-20-17-7-6-15-8-10-18-11-9-16(15)14-17/h6-7,14,18H,3-5,8-13H2,1-2H3. The Hall–Kier alpha value is -1.06. The molecule has 1 N–H and O–H groups in total. The van der Waals surface area contributed by atoms with Gasteiger partial charge in [-0.15, -0.1) is 0 Å². The maximum Gasteiger partial charge on any atom is 0.119 e. The van der Waals surface area contributed by atoms with Gasteiger partial charge in [0.15, 0.2) is 0 Å². The highest BCUT2D eigenvalue weighted by atomic mass is 16.5. The summed E-state index contributed by atoms with van der Waals surface area (Å²) in [5, 5.41) is 3.44. The van der Waals surface area contributed by atoms with Gasteiger partial charge in [-0.2, -0.15) is 0 Å². The molecule has 1 aliphatic rings. The molecule has 0 saturated heterocycles. The highest BCUT2D eigenvalue weighted by molar-refractivity contribution is 5.36. The van der Waals surface area contributed by atoms with Gasteiger partial charge in [0.25, 0.3) is 0 Å². The maximum atomic E-state index is 5.91. The molecule has 1 aromatic carbocycles. The molecule has 3 nitrogen and oxygen atoms in total. The van der Waals surface area contributed by atoms with Crippen LogP contribution in [-0.2, 0) is 12.8 Å². The summed E-state index contributed by atoms with van der Waals surface area (Å²) in [6.45, 7) is 10.8. The van der Waals surface area contributed by atoms with Crippen LogP contribution >= 0.6 is 0 Å². The molecule has 0 unspecified atom stereocenters. The Bertz CT molecular complexity index is 402. The van der Waals surface area contributed by atoms with Crippen LogP contribution in [0.4, 0.5) is 0 Å². The van der Waals surface area contributed by atoms with E-state index in [1.54, 1.807) is 0 Å². The molecule has 0 atom stereocenters. The van der Waals surface area contributed by atoms with E-state index < -0.39 is 0 Å². The lowest BCUT2D eigenvalue weighted by molar-refractivity contribution is 0.249. The number of ether oxygens (including phenoxy) is 1. The fraction of sp³-hybridized carbons (Fsp3) is 0.647. The van der Waals surface area contributed by atoms with Crippen LogP contribution in [-0.4, -0.2) is 44.2 Å². The number of rotatable bonds is 7. The van der Waals surface area contributed by atoms with Gasteiger partial charge in [0.2, 0.25) is 0 Å². The molecule has 0 radical (unpaired) electrons. The minimum absolute atomic E-state index is 0.813. The van der Waals surface area contributed by atoms with Gasteiger partial charge < -0.3 is 15.0 Å². The lowest BCUT2D eigenvalue weighted by atomic mass is 10.0. The van der Waals surface area contributed by atoms with Crippen LogP contribution in [0.2, 0.25) is 0 Å². The Balaban J connectivity index is 1.80. The zero-order chi connectivity index (χ0) is 14.2. The minimum atomic E-state index is 0.813. The largest absolute Gasteiger partial charge is 0.494 e. The first-order valence-corrected chi connectivity index (χ1v) is 8.01. The first kappa shape index (κ1) is 15.3. The molecule has 0 saturated carbocycles. The van der Waals surface area contributed by atoms with Gasteiger partial charge in [-0.3, -0.25) is 0 Å². The molecule has 3 heteroatoms. The van der Waals surface area contributed by atoms with Crippen molar-refractivity contribution in [2.75, 3.05) is 39.3 Å². The van der Waals surface area contributed by atoms with E-state index in [0.29, 0.717) is 0 Å². The van der Waals surface area contributed by atoms with Gasteiger partial charge in [-0.1, -0.05) is 19.9 Å². The third-order valence-electron chi connectivity index (χ3n) is 4.10. The number of hydrogen-bond acceptors (Lipinski definition) is 3. The Morgan fingerprint density at radius 2 is 1.85 bits per heavy atom. The van der Waals surface area contributed by atoms with Crippen molar-refractivity contribution in [1.82, 2.24) is 10.2 Å². The lowest BCUT2D eigenvalue weighted by Gasteiger charge is -2.18. The molecule has 0 aliphatic carbocycles. The Morgan fingerprint density at radius 1 is 1.10 bits per heavy atom. The second-order valence-corrected chi connectivity index (χ2v) is 5.41. The molecule has 20 heavy (non-hydrogen) atoms. The van der Waals surface area contributed by atoms with Crippen molar-refractivity contribution < 1.29 is 4.74 Å². The summed E-state index contributed by atoms with van der Waals surface area (Å²) < 4.78 is 5.91. The molecular formula is C17H28N2O. The predicted octanol–water partition coefficient (Wildman–Crippen LogP) is 2.49.